The Labute approximate surface area is 80.2 Å². The zero-order chi connectivity index (χ0) is 9.54. The van der Waals surface area contributed by atoms with Gasteiger partial charge in [-0.25, -0.2) is 4.98 Å². The van der Waals surface area contributed by atoms with Crippen molar-refractivity contribution in [2.24, 2.45) is 0 Å². The maximum atomic E-state index is 11.9. The van der Waals surface area contributed by atoms with E-state index in [1.165, 1.54) is 0 Å². The highest BCUT2D eigenvalue weighted by Crippen LogP contribution is 2.09. The van der Waals surface area contributed by atoms with Crippen LogP contribution in [0.5, 0.6) is 0 Å². The van der Waals surface area contributed by atoms with Gasteiger partial charge in [0.15, 0.2) is 0 Å². The summed E-state index contributed by atoms with van der Waals surface area (Å²) in [5, 5.41) is 3.80. The van der Waals surface area contributed by atoms with E-state index in [0.29, 0.717) is 18.6 Å². The molecule has 0 fully saturated rings. The Morgan fingerprint density at radius 1 is 1.36 bits per heavy atom. The number of aromatic nitrogens is 2. The van der Waals surface area contributed by atoms with Crippen molar-refractivity contribution in [2.45, 2.75) is 13.2 Å². The van der Waals surface area contributed by atoms with Gasteiger partial charge in [-0.1, -0.05) is 12.1 Å². The van der Waals surface area contributed by atoms with E-state index in [0.717, 1.165) is 11.3 Å². The molecule has 0 atom stereocenters. The Balaban J connectivity index is 2.50. The molecule has 0 amide bonds. The summed E-state index contributed by atoms with van der Waals surface area (Å²) in [7, 11) is 0. The van der Waals surface area contributed by atoms with Crippen LogP contribution in [0.2, 0.25) is 0 Å². The number of benzene rings is 1. The molecule has 0 spiro atoms. The van der Waals surface area contributed by atoms with Crippen molar-refractivity contribution in [3.05, 3.63) is 40.4 Å². The van der Waals surface area contributed by atoms with Crippen LogP contribution < -0.4 is 10.9 Å². The first-order valence-electron chi connectivity index (χ1n) is 4.55. The molecule has 1 aliphatic heterocycles. The highest BCUT2D eigenvalue weighted by atomic mass is 16.1. The summed E-state index contributed by atoms with van der Waals surface area (Å²) in [4.78, 5) is 16.3. The highest BCUT2D eigenvalue weighted by molar-refractivity contribution is 5.77. The lowest BCUT2D eigenvalue weighted by molar-refractivity contribution is 0.647. The standard InChI is InChI=1S/C10H9N3O/c14-10-7-3-1-2-4-8(7)12-9-5-11-6-13(9)10/h1-4,11H,5-6H2. The third-order valence-corrected chi connectivity index (χ3v) is 2.49. The minimum atomic E-state index is 0.0515. The van der Waals surface area contributed by atoms with Gasteiger partial charge in [0.05, 0.1) is 24.1 Å². The molecule has 0 radical (unpaired) electrons. The van der Waals surface area contributed by atoms with Gasteiger partial charge in [-0.05, 0) is 12.1 Å². The van der Waals surface area contributed by atoms with E-state index in [-0.39, 0.29) is 5.56 Å². The fourth-order valence-electron chi connectivity index (χ4n) is 1.79. The van der Waals surface area contributed by atoms with Crippen molar-refractivity contribution < 1.29 is 0 Å². The van der Waals surface area contributed by atoms with Crippen molar-refractivity contribution in [2.75, 3.05) is 0 Å². The van der Waals surface area contributed by atoms with Gasteiger partial charge in [-0.3, -0.25) is 14.7 Å². The third-order valence-electron chi connectivity index (χ3n) is 2.49. The van der Waals surface area contributed by atoms with E-state index in [1.807, 2.05) is 24.3 Å². The zero-order valence-corrected chi connectivity index (χ0v) is 7.53. The summed E-state index contributed by atoms with van der Waals surface area (Å²) >= 11 is 0. The molecule has 14 heavy (non-hydrogen) atoms. The van der Waals surface area contributed by atoms with Crippen molar-refractivity contribution in [1.82, 2.24) is 14.9 Å². The molecule has 0 unspecified atom stereocenters. The maximum absolute atomic E-state index is 11.9. The van der Waals surface area contributed by atoms with Crippen LogP contribution in [0.25, 0.3) is 10.9 Å². The number of rotatable bonds is 0. The first-order chi connectivity index (χ1) is 6.86. The van der Waals surface area contributed by atoms with Crippen molar-refractivity contribution in [3.63, 3.8) is 0 Å². The number of hydrogen-bond donors (Lipinski definition) is 1. The quantitative estimate of drug-likeness (QED) is 0.651. The molecule has 4 nitrogen and oxygen atoms in total. The molecule has 2 heterocycles. The Morgan fingerprint density at radius 3 is 3.14 bits per heavy atom. The van der Waals surface area contributed by atoms with Crippen LogP contribution in [0.15, 0.2) is 29.1 Å². The second-order valence-corrected chi connectivity index (χ2v) is 3.36. The second-order valence-electron chi connectivity index (χ2n) is 3.36. The van der Waals surface area contributed by atoms with E-state index < -0.39 is 0 Å². The topological polar surface area (TPSA) is 46.9 Å². The van der Waals surface area contributed by atoms with Crippen LogP contribution in [-0.4, -0.2) is 9.55 Å². The lowest BCUT2D eigenvalue weighted by Gasteiger charge is -2.02. The monoisotopic (exact) mass is 187 g/mol. The molecule has 0 saturated carbocycles. The molecule has 70 valence electrons. The average Bonchev–Trinajstić information content (AvgIpc) is 2.66. The van der Waals surface area contributed by atoms with Gasteiger partial charge in [0, 0.05) is 0 Å². The molecular weight excluding hydrogens is 178 g/mol. The molecule has 1 aromatic heterocycles. The van der Waals surface area contributed by atoms with Crippen molar-refractivity contribution >= 4 is 10.9 Å². The zero-order valence-electron chi connectivity index (χ0n) is 7.53. The van der Waals surface area contributed by atoms with Crippen molar-refractivity contribution in [3.8, 4) is 0 Å². The summed E-state index contributed by atoms with van der Waals surface area (Å²) in [5.74, 6) is 0.828. The maximum Gasteiger partial charge on any atom is 0.262 e. The van der Waals surface area contributed by atoms with Crippen LogP contribution in [0.1, 0.15) is 5.82 Å². The van der Waals surface area contributed by atoms with Gasteiger partial charge in [-0.2, -0.15) is 0 Å². The van der Waals surface area contributed by atoms with Crippen LogP contribution in [0.4, 0.5) is 0 Å². The highest BCUT2D eigenvalue weighted by Gasteiger charge is 2.14. The Kier molecular flexibility index (Phi) is 1.46. The molecule has 1 N–H and O–H groups in total. The summed E-state index contributed by atoms with van der Waals surface area (Å²) in [6.07, 6.45) is 0. The molecule has 3 rings (SSSR count). The van der Waals surface area contributed by atoms with Gasteiger partial charge in [0.25, 0.3) is 5.56 Å². The summed E-state index contributed by atoms with van der Waals surface area (Å²) in [5.41, 5.74) is 0.836. The third kappa shape index (κ3) is 0.914. The SMILES string of the molecule is O=c1c2ccccc2nc2n1CNC2. The van der Waals surface area contributed by atoms with E-state index in [2.05, 4.69) is 10.3 Å². The van der Waals surface area contributed by atoms with Gasteiger partial charge in [0.1, 0.15) is 5.82 Å². The molecule has 1 aliphatic rings. The molecule has 0 bridgehead atoms. The van der Waals surface area contributed by atoms with Gasteiger partial charge < -0.3 is 0 Å². The molecule has 4 heteroatoms. The van der Waals surface area contributed by atoms with E-state index >= 15 is 0 Å². The Morgan fingerprint density at radius 2 is 2.21 bits per heavy atom. The predicted octanol–water partition coefficient (Wildman–Crippen LogP) is 0.457. The number of nitrogens with zero attached hydrogens (tertiary/aromatic N) is 2. The smallest absolute Gasteiger partial charge is 0.262 e. The van der Waals surface area contributed by atoms with Gasteiger partial charge in [-0.15, -0.1) is 0 Å². The lowest BCUT2D eigenvalue weighted by atomic mass is 10.2. The van der Waals surface area contributed by atoms with Gasteiger partial charge >= 0.3 is 0 Å². The minimum absolute atomic E-state index is 0.0515. The first-order valence-corrected chi connectivity index (χ1v) is 4.55. The summed E-state index contributed by atoms with van der Waals surface area (Å²) < 4.78 is 1.68. The number of fused-ring (bicyclic) bond motifs is 2. The Hall–Kier alpha value is -1.68. The summed E-state index contributed by atoms with van der Waals surface area (Å²) in [6, 6.07) is 7.45. The number of nitrogens with one attached hydrogen (secondary N) is 1. The first kappa shape index (κ1) is 7.70. The fourth-order valence-corrected chi connectivity index (χ4v) is 1.79. The molecule has 2 aromatic rings. The molecule has 1 aromatic carbocycles. The molecule has 0 aliphatic carbocycles. The number of hydrogen-bond acceptors (Lipinski definition) is 3. The average molecular weight is 187 g/mol. The second kappa shape index (κ2) is 2.65. The van der Waals surface area contributed by atoms with Crippen LogP contribution in [0.3, 0.4) is 0 Å². The molecular formula is C10H9N3O. The normalized spacial score (nSPS) is 14.6. The van der Waals surface area contributed by atoms with Gasteiger partial charge in [0.2, 0.25) is 0 Å². The van der Waals surface area contributed by atoms with Crippen LogP contribution >= 0.6 is 0 Å². The van der Waals surface area contributed by atoms with E-state index in [4.69, 9.17) is 0 Å². The summed E-state index contributed by atoms with van der Waals surface area (Å²) in [6.45, 7) is 1.26. The van der Waals surface area contributed by atoms with E-state index in [9.17, 15) is 4.79 Å². The van der Waals surface area contributed by atoms with E-state index in [1.54, 1.807) is 4.57 Å². The predicted molar refractivity (Wildman–Crippen MR) is 52.8 cm³/mol. The fraction of sp³-hybridized carbons (Fsp3) is 0.200. The minimum Gasteiger partial charge on any atom is -0.292 e. The lowest BCUT2D eigenvalue weighted by Crippen LogP contribution is -2.22. The molecule has 0 saturated heterocycles. The Bertz CT molecular complexity index is 559. The van der Waals surface area contributed by atoms with Crippen molar-refractivity contribution in [1.29, 1.82) is 0 Å². The van der Waals surface area contributed by atoms with Crippen LogP contribution in [0, 0.1) is 0 Å². The van der Waals surface area contributed by atoms with Crippen LogP contribution in [-0.2, 0) is 13.2 Å². The largest absolute Gasteiger partial charge is 0.292 e. The number of para-hydroxylation sites is 1.